The summed E-state index contributed by atoms with van der Waals surface area (Å²) in [6.07, 6.45) is 0. The zero-order valence-corrected chi connectivity index (χ0v) is 16.5. The number of carbonyl (C=O) groups is 2. The molecule has 0 aliphatic carbocycles. The fourth-order valence-electron chi connectivity index (χ4n) is 3.00. The lowest BCUT2D eigenvalue weighted by atomic mass is 10.2. The number of anilines is 2. The average molecular weight is 415 g/mol. The molecule has 2 aromatic rings. The van der Waals surface area contributed by atoms with Gasteiger partial charge in [0, 0.05) is 17.8 Å². The number of non-ortho nitro benzene ring substituents is 1. The van der Waals surface area contributed by atoms with E-state index in [0.29, 0.717) is 36.1 Å². The van der Waals surface area contributed by atoms with Crippen LogP contribution < -0.4 is 24.4 Å². The third kappa shape index (κ3) is 4.77. The van der Waals surface area contributed by atoms with E-state index in [-0.39, 0.29) is 30.4 Å². The SMILES string of the molecule is CCOc1ccc(NC(=O)CN2CC(=O)Oc3cc([N+](=O)[O-])ccc32)cc1OCC. The Morgan fingerprint density at radius 2 is 1.90 bits per heavy atom. The number of hydrogen-bond donors (Lipinski definition) is 1. The number of fused-ring (bicyclic) bond motifs is 1. The molecular formula is C20H21N3O7. The molecule has 0 spiro atoms. The number of esters is 1. The van der Waals surface area contributed by atoms with E-state index in [9.17, 15) is 19.7 Å². The molecule has 1 N–H and O–H groups in total. The number of hydrogen-bond acceptors (Lipinski definition) is 8. The fourth-order valence-corrected chi connectivity index (χ4v) is 3.00. The largest absolute Gasteiger partial charge is 0.490 e. The van der Waals surface area contributed by atoms with E-state index < -0.39 is 10.9 Å². The second-order valence-corrected chi connectivity index (χ2v) is 6.31. The van der Waals surface area contributed by atoms with Crippen LogP contribution in [0.25, 0.3) is 0 Å². The second-order valence-electron chi connectivity index (χ2n) is 6.31. The molecule has 0 aromatic heterocycles. The lowest BCUT2D eigenvalue weighted by molar-refractivity contribution is -0.384. The molecule has 0 saturated carbocycles. The van der Waals surface area contributed by atoms with Crippen molar-refractivity contribution in [1.82, 2.24) is 0 Å². The summed E-state index contributed by atoms with van der Waals surface area (Å²) in [5, 5.41) is 13.7. The van der Waals surface area contributed by atoms with E-state index in [4.69, 9.17) is 14.2 Å². The van der Waals surface area contributed by atoms with Crippen LogP contribution in [0.15, 0.2) is 36.4 Å². The first kappa shape index (κ1) is 20.9. The van der Waals surface area contributed by atoms with Crippen molar-refractivity contribution >= 4 is 28.9 Å². The quantitative estimate of drug-likeness (QED) is 0.302. The van der Waals surface area contributed by atoms with Crippen LogP contribution in [-0.4, -0.2) is 43.1 Å². The van der Waals surface area contributed by atoms with Gasteiger partial charge in [-0.15, -0.1) is 0 Å². The monoisotopic (exact) mass is 415 g/mol. The maximum atomic E-state index is 12.6. The van der Waals surface area contributed by atoms with Gasteiger partial charge < -0.3 is 24.4 Å². The van der Waals surface area contributed by atoms with Crippen LogP contribution in [0.2, 0.25) is 0 Å². The molecule has 10 nitrogen and oxygen atoms in total. The average Bonchev–Trinajstić information content (AvgIpc) is 2.69. The van der Waals surface area contributed by atoms with Crippen molar-refractivity contribution < 1.29 is 28.7 Å². The molecule has 10 heteroatoms. The van der Waals surface area contributed by atoms with Gasteiger partial charge in [-0.2, -0.15) is 0 Å². The van der Waals surface area contributed by atoms with Crippen molar-refractivity contribution in [3.8, 4) is 17.2 Å². The van der Waals surface area contributed by atoms with Gasteiger partial charge in [0.15, 0.2) is 17.2 Å². The number of amides is 1. The minimum absolute atomic E-state index is 0.0490. The highest BCUT2D eigenvalue weighted by atomic mass is 16.6. The highest BCUT2D eigenvalue weighted by Crippen LogP contribution is 2.35. The van der Waals surface area contributed by atoms with Crippen LogP contribution in [0.5, 0.6) is 17.2 Å². The van der Waals surface area contributed by atoms with E-state index in [1.807, 2.05) is 13.8 Å². The van der Waals surface area contributed by atoms with Gasteiger partial charge in [0.25, 0.3) is 5.69 Å². The molecule has 1 amide bonds. The Bertz CT molecular complexity index is 977. The first-order chi connectivity index (χ1) is 14.4. The van der Waals surface area contributed by atoms with Gasteiger partial charge in [-0.1, -0.05) is 0 Å². The molecule has 30 heavy (non-hydrogen) atoms. The van der Waals surface area contributed by atoms with Gasteiger partial charge in [-0.05, 0) is 32.0 Å². The molecule has 0 atom stereocenters. The van der Waals surface area contributed by atoms with Gasteiger partial charge in [-0.3, -0.25) is 14.9 Å². The molecule has 1 aliphatic heterocycles. The summed E-state index contributed by atoms with van der Waals surface area (Å²) < 4.78 is 16.1. The van der Waals surface area contributed by atoms with E-state index in [1.54, 1.807) is 18.2 Å². The number of nitrogens with one attached hydrogen (secondary N) is 1. The molecule has 2 aromatic carbocycles. The predicted molar refractivity (Wildman–Crippen MR) is 108 cm³/mol. The van der Waals surface area contributed by atoms with Gasteiger partial charge in [0.1, 0.15) is 6.54 Å². The Balaban J connectivity index is 1.74. The van der Waals surface area contributed by atoms with Crippen molar-refractivity contribution in [3.63, 3.8) is 0 Å². The molecule has 0 bridgehead atoms. The van der Waals surface area contributed by atoms with Gasteiger partial charge in [0.05, 0.1) is 36.4 Å². The van der Waals surface area contributed by atoms with Crippen LogP contribution >= 0.6 is 0 Å². The minimum atomic E-state index is -0.601. The smallest absolute Gasteiger partial charge is 0.331 e. The van der Waals surface area contributed by atoms with Crippen LogP contribution in [-0.2, 0) is 9.59 Å². The highest BCUT2D eigenvalue weighted by molar-refractivity contribution is 5.96. The Morgan fingerprint density at radius 3 is 2.60 bits per heavy atom. The van der Waals surface area contributed by atoms with Crippen molar-refractivity contribution in [2.75, 3.05) is 36.5 Å². The first-order valence-electron chi connectivity index (χ1n) is 9.34. The van der Waals surface area contributed by atoms with Gasteiger partial charge in [-0.25, -0.2) is 4.79 Å². The Labute approximate surface area is 172 Å². The predicted octanol–water partition coefficient (Wildman–Crippen LogP) is 2.76. The highest BCUT2D eigenvalue weighted by Gasteiger charge is 2.27. The van der Waals surface area contributed by atoms with Crippen molar-refractivity contribution in [2.24, 2.45) is 0 Å². The number of rotatable bonds is 8. The molecule has 0 radical (unpaired) electrons. The summed E-state index contributed by atoms with van der Waals surface area (Å²) in [6.45, 7) is 4.34. The number of nitro benzene ring substituents is 1. The summed E-state index contributed by atoms with van der Waals surface area (Å²) in [4.78, 5) is 36.3. The van der Waals surface area contributed by atoms with Crippen molar-refractivity contribution in [1.29, 1.82) is 0 Å². The maximum absolute atomic E-state index is 12.6. The van der Waals surface area contributed by atoms with E-state index in [0.717, 1.165) is 6.07 Å². The second kappa shape index (κ2) is 9.12. The summed E-state index contributed by atoms with van der Waals surface area (Å²) in [5.74, 6) is 0.159. The zero-order valence-electron chi connectivity index (χ0n) is 16.5. The minimum Gasteiger partial charge on any atom is -0.490 e. The van der Waals surface area contributed by atoms with E-state index in [1.165, 1.54) is 17.0 Å². The first-order valence-corrected chi connectivity index (χ1v) is 9.34. The summed E-state index contributed by atoms with van der Waals surface area (Å²) >= 11 is 0. The zero-order chi connectivity index (χ0) is 21.7. The van der Waals surface area contributed by atoms with E-state index >= 15 is 0 Å². The van der Waals surface area contributed by atoms with Crippen LogP contribution in [0.4, 0.5) is 17.1 Å². The molecule has 1 aliphatic rings. The molecule has 1 heterocycles. The maximum Gasteiger partial charge on any atom is 0.331 e. The number of carbonyl (C=O) groups excluding carboxylic acids is 2. The van der Waals surface area contributed by atoms with Crippen molar-refractivity contribution in [3.05, 3.63) is 46.5 Å². The molecule has 0 unspecified atom stereocenters. The topological polar surface area (TPSA) is 120 Å². The summed E-state index contributed by atoms with van der Waals surface area (Å²) in [5.41, 5.74) is 0.734. The Morgan fingerprint density at radius 1 is 1.17 bits per heavy atom. The molecule has 158 valence electrons. The fraction of sp³-hybridized carbons (Fsp3) is 0.300. The normalized spacial score (nSPS) is 12.6. The summed E-state index contributed by atoms with van der Waals surface area (Å²) in [7, 11) is 0. The van der Waals surface area contributed by atoms with Crippen LogP contribution in [0, 0.1) is 10.1 Å². The molecular weight excluding hydrogens is 394 g/mol. The number of nitrogens with zero attached hydrogens (tertiary/aromatic N) is 2. The Hall–Kier alpha value is -3.82. The van der Waals surface area contributed by atoms with Crippen LogP contribution in [0.1, 0.15) is 13.8 Å². The van der Waals surface area contributed by atoms with Crippen molar-refractivity contribution in [2.45, 2.75) is 13.8 Å². The lowest BCUT2D eigenvalue weighted by Gasteiger charge is -2.29. The molecule has 0 fully saturated rings. The lowest BCUT2D eigenvalue weighted by Crippen LogP contribution is -2.41. The number of ether oxygens (including phenoxy) is 3. The standard InChI is InChI=1S/C20H21N3O7/c1-3-28-16-8-5-13(9-18(16)29-4-2)21-19(24)11-22-12-20(25)30-17-10-14(23(26)27)6-7-15(17)22/h5-10H,3-4,11-12H2,1-2H3,(H,21,24). The third-order valence-corrected chi connectivity index (χ3v) is 4.20. The van der Waals surface area contributed by atoms with Crippen LogP contribution in [0.3, 0.4) is 0 Å². The van der Waals surface area contributed by atoms with E-state index in [2.05, 4.69) is 5.32 Å². The van der Waals surface area contributed by atoms with Gasteiger partial charge in [0.2, 0.25) is 5.91 Å². The third-order valence-electron chi connectivity index (χ3n) is 4.20. The summed E-state index contributed by atoms with van der Waals surface area (Å²) in [6, 6.07) is 8.97. The number of benzene rings is 2. The van der Waals surface area contributed by atoms with Gasteiger partial charge >= 0.3 is 5.97 Å². The number of nitro groups is 1. The molecule has 3 rings (SSSR count). The Kier molecular flexibility index (Phi) is 6.35. The molecule has 0 saturated heterocycles.